The van der Waals surface area contributed by atoms with E-state index in [4.69, 9.17) is 5.14 Å². The molecule has 0 aliphatic heterocycles. The Morgan fingerprint density at radius 1 is 1.15 bits per heavy atom. The highest BCUT2D eigenvalue weighted by atomic mass is 32.2. The second-order valence-electron chi connectivity index (χ2n) is 6.41. The van der Waals surface area contributed by atoms with E-state index in [1.54, 1.807) is 16.7 Å². The van der Waals surface area contributed by atoms with Crippen LogP contribution in [0.5, 0.6) is 0 Å². The van der Waals surface area contributed by atoms with Gasteiger partial charge in [0.1, 0.15) is 0 Å². The van der Waals surface area contributed by atoms with Crippen LogP contribution < -0.4 is 10.7 Å². The van der Waals surface area contributed by atoms with Gasteiger partial charge in [0, 0.05) is 5.75 Å². The number of benzene rings is 2. The van der Waals surface area contributed by atoms with Gasteiger partial charge < -0.3 is 0 Å². The van der Waals surface area contributed by atoms with Crippen molar-refractivity contribution in [3.8, 4) is 5.69 Å². The van der Waals surface area contributed by atoms with E-state index in [9.17, 15) is 13.2 Å². The molecule has 0 saturated carbocycles. The summed E-state index contributed by atoms with van der Waals surface area (Å²) in [7, 11) is -3.50. The Labute approximate surface area is 162 Å². The van der Waals surface area contributed by atoms with E-state index in [1.807, 2.05) is 44.2 Å². The Hall–Kier alpha value is -2.16. The lowest BCUT2D eigenvalue weighted by Crippen LogP contribution is -2.23. The van der Waals surface area contributed by atoms with Crippen LogP contribution in [0.15, 0.2) is 52.4 Å². The van der Waals surface area contributed by atoms with Gasteiger partial charge in [-0.05, 0) is 44.0 Å². The third kappa shape index (κ3) is 4.58. The molecule has 0 radical (unpaired) electrons. The number of sulfonamides is 1. The molecular formula is C19H21N3O3S2. The number of nitrogens with two attached hydrogens (primary N) is 1. The fourth-order valence-corrected chi connectivity index (χ4v) is 4.58. The summed E-state index contributed by atoms with van der Waals surface area (Å²) in [6.07, 6.45) is 0.388. The van der Waals surface area contributed by atoms with E-state index in [1.165, 1.54) is 11.8 Å². The Balaban J connectivity index is 2.08. The van der Waals surface area contributed by atoms with Crippen molar-refractivity contribution in [1.82, 2.24) is 9.55 Å². The molecule has 142 valence electrons. The Bertz CT molecular complexity index is 1150. The van der Waals surface area contributed by atoms with Crippen LogP contribution in [0.3, 0.4) is 0 Å². The van der Waals surface area contributed by atoms with Crippen LogP contribution in [0, 0.1) is 13.8 Å². The quantitative estimate of drug-likeness (QED) is 0.388. The van der Waals surface area contributed by atoms with Gasteiger partial charge in [0.2, 0.25) is 10.0 Å². The third-order valence-electron chi connectivity index (χ3n) is 4.14. The largest absolute Gasteiger partial charge is 0.268 e. The summed E-state index contributed by atoms with van der Waals surface area (Å²) in [6.45, 7) is 3.96. The van der Waals surface area contributed by atoms with Crippen LogP contribution >= 0.6 is 11.8 Å². The summed E-state index contributed by atoms with van der Waals surface area (Å²) in [4.78, 5) is 17.8. The first-order valence-electron chi connectivity index (χ1n) is 8.49. The van der Waals surface area contributed by atoms with E-state index in [0.29, 0.717) is 28.2 Å². The molecule has 27 heavy (non-hydrogen) atoms. The van der Waals surface area contributed by atoms with Gasteiger partial charge in [-0.15, -0.1) is 0 Å². The number of aryl methyl sites for hydroxylation is 2. The average molecular weight is 404 g/mol. The van der Waals surface area contributed by atoms with E-state index < -0.39 is 10.0 Å². The van der Waals surface area contributed by atoms with E-state index in [2.05, 4.69) is 4.98 Å². The lowest BCUT2D eigenvalue weighted by Gasteiger charge is -2.15. The number of primary sulfonamides is 1. The van der Waals surface area contributed by atoms with Crippen molar-refractivity contribution in [3.05, 3.63) is 63.9 Å². The Kier molecular flexibility index (Phi) is 5.69. The lowest BCUT2D eigenvalue weighted by molar-refractivity contribution is 0.596. The Morgan fingerprint density at radius 3 is 2.59 bits per heavy atom. The zero-order chi connectivity index (χ0) is 19.6. The molecule has 2 N–H and O–H groups in total. The predicted octanol–water partition coefficient (Wildman–Crippen LogP) is 2.77. The first-order valence-corrected chi connectivity index (χ1v) is 11.2. The topological polar surface area (TPSA) is 95.1 Å². The Morgan fingerprint density at radius 2 is 1.89 bits per heavy atom. The summed E-state index contributed by atoms with van der Waals surface area (Å²) < 4.78 is 23.9. The minimum absolute atomic E-state index is 0.0959. The first kappa shape index (κ1) is 19.6. The van der Waals surface area contributed by atoms with Gasteiger partial charge in [0.25, 0.3) is 5.56 Å². The summed E-state index contributed by atoms with van der Waals surface area (Å²) in [5.74, 6) is 0.396. The molecule has 6 nitrogen and oxygen atoms in total. The third-order valence-corrected chi connectivity index (χ3v) is 6.03. The number of hydrogen-bond donors (Lipinski definition) is 1. The number of fused-ring (bicyclic) bond motifs is 1. The summed E-state index contributed by atoms with van der Waals surface area (Å²) in [5, 5.41) is 6.15. The zero-order valence-electron chi connectivity index (χ0n) is 15.2. The van der Waals surface area contributed by atoms with Crippen LogP contribution in [0.1, 0.15) is 17.5 Å². The molecule has 0 unspecified atom stereocenters. The molecule has 3 aromatic rings. The van der Waals surface area contributed by atoms with Gasteiger partial charge in [-0.3, -0.25) is 9.36 Å². The van der Waals surface area contributed by atoms with Gasteiger partial charge in [-0.2, -0.15) is 0 Å². The van der Waals surface area contributed by atoms with Gasteiger partial charge in [-0.25, -0.2) is 18.5 Å². The number of aromatic nitrogens is 2. The van der Waals surface area contributed by atoms with Crippen molar-refractivity contribution in [3.63, 3.8) is 0 Å². The smallest absolute Gasteiger partial charge is 0.266 e. The fourth-order valence-electron chi connectivity index (χ4n) is 2.90. The van der Waals surface area contributed by atoms with Crippen LogP contribution in [0.2, 0.25) is 0 Å². The number of hydrogen-bond acceptors (Lipinski definition) is 5. The van der Waals surface area contributed by atoms with E-state index in [-0.39, 0.29) is 11.3 Å². The molecule has 0 amide bonds. The average Bonchev–Trinajstić information content (AvgIpc) is 2.59. The van der Waals surface area contributed by atoms with Gasteiger partial charge in [0.15, 0.2) is 5.16 Å². The first-order chi connectivity index (χ1) is 12.8. The van der Waals surface area contributed by atoms with Crippen molar-refractivity contribution >= 4 is 32.7 Å². The highest BCUT2D eigenvalue weighted by Crippen LogP contribution is 2.24. The summed E-state index contributed by atoms with van der Waals surface area (Å²) in [5.41, 5.74) is 3.35. The van der Waals surface area contributed by atoms with Gasteiger partial charge >= 0.3 is 0 Å². The van der Waals surface area contributed by atoms with Crippen molar-refractivity contribution < 1.29 is 8.42 Å². The number of rotatable bonds is 6. The molecule has 1 heterocycles. The summed E-state index contributed by atoms with van der Waals surface area (Å²) >= 11 is 1.36. The minimum Gasteiger partial charge on any atom is -0.268 e. The maximum atomic E-state index is 13.2. The second-order valence-corrected chi connectivity index (χ2v) is 9.21. The molecule has 2 aromatic carbocycles. The molecule has 0 aliphatic carbocycles. The highest BCUT2D eigenvalue weighted by Gasteiger charge is 2.15. The van der Waals surface area contributed by atoms with Crippen molar-refractivity contribution in [2.45, 2.75) is 25.4 Å². The molecule has 0 saturated heterocycles. The van der Waals surface area contributed by atoms with Crippen LogP contribution in [-0.2, 0) is 10.0 Å². The van der Waals surface area contributed by atoms with Crippen LogP contribution in [0.25, 0.3) is 16.6 Å². The lowest BCUT2D eigenvalue weighted by atomic mass is 10.1. The number of nitrogens with zero attached hydrogens (tertiary/aromatic N) is 2. The monoisotopic (exact) mass is 403 g/mol. The van der Waals surface area contributed by atoms with Crippen LogP contribution in [-0.4, -0.2) is 29.5 Å². The number of thioether (sulfide) groups is 1. The molecule has 0 fully saturated rings. The molecule has 3 rings (SSSR count). The molecule has 0 aliphatic rings. The second kappa shape index (κ2) is 7.84. The molecular weight excluding hydrogens is 382 g/mol. The van der Waals surface area contributed by atoms with Crippen molar-refractivity contribution in [2.24, 2.45) is 5.14 Å². The van der Waals surface area contributed by atoms with Crippen LogP contribution in [0.4, 0.5) is 0 Å². The van der Waals surface area contributed by atoms with Gasteiger partial charge in [0.05, 0.1) is 22.3 Å². The maximum absolute atomic E-state index is 13.2. The van der Waals surface area contributed by atoms with E-state index in [0.717, 1.165) is 16.8 Å². The van der Waals surface area contributed by atoms with Crippen molar-refractivity contribution in [2.75, 3.05) is 11.5 Å². The zero-order valence-corrected chi connectivity index (χ0v) is 16.8. The standard InChI is InChI=1S/C19H21N3O3S2/c1-13-8-9-17(14(2)12-13)22-18(23)15-6-3-4-7-16(15)21-19(22)26-10-5-11-27(20,24)25/h3-4,6-9,12H,5,10-11H2,1-2H3,(H2,20,24,25). The van der Waals surface area contributed by atoms with E-state index >= 15 is 0 Å². The molecule has 0 atom stereocenters. The predicted molar refractivity (Wildman–Crippen MR) is 110 cm³/mol. The molecule has 1 aromatic heterocycles. The highest BCUT2D eigenvalue weighted by molar-refractivity contribution is 7.99. The van der Waals surface area contributed by atoms with Crippen molar-refractivity contribution in [1.29, 1.82) is 0 Å². The summed E-state index contributed by atoms with van der Waals surface area (Å²) in [6, 6.07) is 13.1. The minimum atomic E-state index is -3.50. The maximum Gasteiger partial charge on any atom is 0.266 e. The molecule has 0 bridgehead atoms. The fraction of sp³-hybridized carbons (Fsp3) is 0.263. The normalized spacial score (nSPS) is 11.8. The molecule has 0 spiro atoms. The molecule has 8 heteroatoms. The number of para-hydroxylation sites is 1. The van der Waals surface area contributed by atoms with Gasteiger partial charge in [-0.1, -0.05) is 41.6 Å². The SMILES string of the molecule is Cc1ccc(-n2c(SCCCS(N)(=O)=O)nc3ccccc3c2=O)c(C)c1.